The Hall–Kier alpha value is -1.58. The molecule has 0 fully saturated rings. The van der Waals surface area contributed by atoms with Crippen LogP contribution in [0.25, 0.3) is 0 Å². The summed E-state index contributed by atoms with van der Waals surface area (Å²) in [6.07, 6.45) is -0.246. The predicted octanol–water partition coefficient (Wildman–Crippen LogP) is 4.14. The zero-order valence-electron chi connectivity index (χ0n) is 15.7. The Morgan fingerprint density at radius 1 is 1.26 bits per heavy atom. The van der Waals surface area contributed by atoms with Crippen molar-refractivity contribution in [3.05, 3.63) is 47.5 Å². The van der Waals surface area contributed by atoms with Gasteiger partial charge in [0.1, 0.15) is 10.6 Å². The topological polar surface area (TPSA) is 61.4 Å². The highest BCUT2D eigenvalue weighted by molar-refractivity contribution is 7.90. The number of alkyl halides is 2. The first-order valence-corrected chi connectivity index (χ1v) is 9.29. The van der Waals surface area contributed by atoms with E-state index in [0.29, 0.717) is 0 Å². The maximum absolute atomic E-state index is 15.0. The molecule has 1 aromatic carbocycles. The van der Waals surface area contributed by atoms with Crippen molar-refractivity contribution in [1.29, 1.82) is 0 Å². The largest absolute Gasteiger partial charge is 0.598 e. The molecule has 9 heteroatoms. The minimum absolute atomic E-state index is 0.206. The lowest BCUT2D eigenvalue weighted by Gasteiger charge is -2.39. The average molecular weight is 409 g/mol. The Bertz CT molecular complexity index is 706. The van der Waals surface area contributed by atoms with Crippen molar-refractivity contribution in [3.63, 3.8) is 0 Å². The van der Waals surface area contributed by atoms with Crippen LogP contribution >= 0.6 is 0 Å². The maximum atomic E-state index is 15.0. The van der Waals surface area contributed by atoms with Crippen LogP contribution in [0.3, 0.4) is 0 Å². The highest BCUT2D eigenvalue weighted by Gasteiger charge is 2.56. The Balaban J connectivity index is 3.51. The molecule has 27 heavy (non-hydrogen) atoms. The molecule has 0 unspecified atom stereocenters. The Morgan fingerprint density at radius 3 is 2.30 bits per heavy atom. The molecule has 0 aliphatic heterocycles. The average Bonchev–Trinajstić information content (AvgIpc) is 2.53. The van der Waals surface area contributed by atoms with Gasteiger partial charge in [0.15, 0.2) is 5.54 Å². The van der Waals surface area contributed by atoms with Crippen LogP contribution in [0.15, 0.2) is 36.2 Å². The summed E-state index contributed by atoms with van der Waals surface area (Å²) in [5.74, 6) is -8.52. The number of ether oxygens (including phenoxy) is 1. The summed E-state index contributed by atoms with van der Waals surface area (Å²) in [6.45, 7) is 6.68. The minimum atomic E-state index is -4.13. The summed E-state index contributed by atoms with van der Waals surface area (Å²) in [5.41, 5.74) is -3.14. The van der Waals surface area contributed by atoms with Crippen molar-refractivity contribution >= 4 is 17.3 Å². The molecule has 0 bridgehead atoms. The summed E-state index contributed by atoms with van der Waals surface area (Å²) >= 11 is -2.06. The fourth-order valence-electron chi connectivity index (χ4n) is 2.07. The number of halogens is 4. The third-order valence-electron chi connectivity index (χ3n) is 3.71. The van der Waals surface area contributed by atoms with Gasteiger partial charge in [-0.2, -0.15) is 13.2 Å². The summed E-state index contributed by atoms with van der Waals surface area (Å²) < 4.78 is 76.4. The molecule has 0 aliphatic rings. The van der Waals surface area contributed by atoms with Crippen molar-refractivity contribution in [3.8, 4) is 0 Å². The molecule has 1 N–H and O–H groups in total. The van der Waals surface area contributed by atoms with E-state index in [1.807, 2.05) is 0 Å². The summed E-state index contributed by atoms with van der Waals surface area (Å²) in [5, 5.41) is 0. The Morgan fingerprint density at radius 2 is 1.81 bits per heavy atom. The first-order chi connectivity index (χ1) is 12.3. The van der Waals surface area contributed by atoms with E-state index in [-0.39, 0.29) is 12.7 Å². The summed E-state index contributed by atoms with van der Waals surface area (Å²) in [4.78, 5) is 11.4. The number of rotatable bonds is 7. The molecule has 4 nitrogen and oxygen atoms in total. The summed E-state index contributed by atoms with van der Waals surface area (Å²) in [7, 11) is 0. The van der Waals surface area contributed by atoms with Gasteiger partial charge in [-0.1, -0.05) is 18.2 Å². The Labute approximate surface area is 159 Å². The molecule has 0 aliphatic carbocycles. The van der Waals surface area contributed by atoms with Gasteiger partial charge in [-0.15, -0.1) is 4.72 Å². The second-order valence-electron chi connectivity index (χ2n) is 6.92. The fraction of sp³-hybridized carbons (Fsp3) is 0.500. The molecule has 0 saturated heterocycles. The van der Waals surface area contributed by atoms with Crippen LogP contribution in [-0.2, 0) is 26.4 Å². The molecular formula is C18H23F4NO3S. The van der Waals surface area contributed by atoms with Crippen molar-refractivity contribution in [2.75, 3.05) is 6.61 Å². The molecule has 0 heterocycles. The van der Waals surface area contributed by atoms with Crippen LogP contribution in [0.5, 0.6) is 0 Å². The molecule has 1 rings (SSSR count). The van der Waals surface area contributed by atoms with Crippen molar-refractivity contribution < 1.29 is 31.6 Å². The van der Waals surface area contributed by atoms with Crippen LogP contribution in [0.4, 0.5) is 17.6 Å². The normalized spacial score (nSPS) is 16.6. The predicted molar refractivity (Wildman–Crippen MR) is 95.6 cm³/mol. The van der Waals surface area contributed by atoms with E-state index < -0.39 is 50.7 Å². The molecule has 2 atom stereocenters. The van der Waals surface area contributed by atoms with Crippen LogP contribution in [-0.4, -0.2) is 27.8 Å². The number of hydrogen-bond acceptors (Lipinski definition) is 4. The van der Waals surface area contributed by atoms with Gasteiger partial charge >= 0.3 is 5.97 Å². The van der Waals surface area contributed by atoms with Crippen molar-refractivity contribution in [2.45, 2.75) is 50.8 Å². The van der Waals surface area contributed by atoms with Crippen molar-refractivity contribution in [1.82, 2.24) is 4.72 Å². The first-order valence-electron chi connectivity index (χ1n) is 8.14. The van der Waals surface area contributed by atoms with Crippen LogP contribution in [0, 0.1) is 5.82 Å². The summed E-state index contributed by atoms with van der Waals surface area (Å²) in [6, 6.07) is 4.65. The van der Waals surface area contributed by atoms with Gasteiger partial charge in [0, 0.05) is 23.0 Å². The van der Waals surface area contributed by atoms with E-state index in [2.05, 4.69) is 9.46 Å². The van der Waals surface area contributed by atoms with E-state index in [0.717, 1.165) is 19.1 Å². The molecular weight excluding hydrogens is 386 g/mol. The van der Waals surface area contributed by atoms with Gasteiger partial charge in [-0.25, -0.2) is 9.18 Å². The lowest BCUT2D eigenvalue weighted by molar-refractivity contribution is -0.140. The quantitative estimate of drug-likeness (QED) is 0.318. The van der Waals surface area contributed by atoms with E-state index >= 15 is 8.78 Å². The minimum Gasteiger partial charge on any atom is -0.598 e. The van der Waals surface area contributed by atoms with Gasteiger partial charge in [0.05, 0.1) is 6.61 Å². The van der Waals surface area contributed by atoms with Crippen LogP contribution in [0.2, 0.25) is 0 Å². The number of nitrogens with one attached hydrogen (secondary N) is 1. The van der Waals surface area contributed by atoms with E-state index in [4.69, 9.17) is 0 Å². The van der Waals surface area contributed by atoms with Gasteiger partial charge in [0.2, 0.25) is 5.83 Å². The highest BCUT2D eigenvalue weighted by atomic mass is 32.2. The molecule has 0 spiro atoms. The molecule has 1 aromatic rings. The zero-order chi connectivity index (χ0) is 21.0. The van der Waals surface area contributed by atoms with E-state index in [9.17, 15) is 18.1 Å². The van der Waals surface area contributed by atoms with Gasteiger partial charge in [0.25, 0.3) is 5.92 Å². The monoisotopic (exact) mass is 409 g/mol. The number of esters is 1. The molecule has 152 valence electrons. The third-order valence-corrected chi connectivity index (χ3v) is 5.42. The fourth-order valence-corrected chi connectivity index (χ4v) is 2.99. The number of carbonyl (C=O) groups excluding carboxylic acids is 1. The molecule has 0 amide bonds. The number of benzene rings is 1. The smallest absolute Gasteiger partial charge is 0.367 e. The van der Waals surface area contributed by atoms with E-state index in [1.165, 1.54) is 39.8 Å². The lowest BCUT2D eigenvalue weighted by atomic mass is 9.85. The van der Waals surface area contributed by atoms with E-state index in [1.54, 1.807) is 0 Å². The van der Waals surface area contributed by atoms with Crippen LogP contribution < -0.4 is 4.72 Å². The van der Waals surface area contributed by atoms with Gasteiger partial charge < -0.3 is 9.29 Å². The zero-order valence-corrected chi connectivity index (χ0v) is 16.6. The number of hydrogen-bond donors (Lipinski definition) is 1. The van der Waals surface area contributed by atoms with Crippen LogP contribution in [0.1, 0.15) is 40.2 Å². The SMILES string of the molecule is CCOC(=O)/C(F)=C/C(F)(F)[C@](C)(N[S@+]([O-])C(C)(C)C)c1ccccc1F. The van der Waals surface area contributed by atoms with Crippen molar-refractivity contribution in [2.24, 2.45) is 0 Å². The third kappa shape index (κ3) is 5.46. The van der Waals surface area contributed by atoms with Gasteiger partial charge in [-0.05, 0) is 40.7 Å². The standard InChI is InChI=1S/C18H23F4NO3S/c1-6-26-15(24)14(20)11-18(21,22)17(5,23-27(25)16(2,3)4)12-9-7-8-10-13(12)19/h7-11,23H,6H2,1-5H3/b14-11-/t17-,27-/m1/s1. The second kappa shape index (κ2) is 8.62. The highest BCUT2D eigenvalue weighted by Crippen LogP contribution is 2.42. The molecule has 0 radical (unpaired) electrons. The Kier molecular flexibility index (Phi) is 7.49. The van der Waals surface area contributed by atoms with Gasteiger partial charge in [-0.3, -0.25) is 0 Å². The molecule has 0 aromatic heterocycles. The lowest BCUT2D eigenvalue weighted by Crippen LogP contribution is -2.58. The molecule has 0 saturated carbocycles. The first kappa shape index (κ1) is 23.5. The number of carbonyl (C=O) groups is 1. The second-order valence-corrected chi connectivity index (χ2v) is 8.89. The maximum Gasteiger partial charge on any atom is 0.367 e.